The van der Waals surface area contributed by atoms with Crippen LogP contribution in [0.5, 0.6) is 0 Å². The van der Waals surface area contributed by atoms with Gasteiger partial charge in [-0.15, -0.1) is 0 Å². The molecule has 13 nitrogen and oxygen atoms in total. The van der Waals surface area contributed by atoms with E-state index in [2.05, 4.69) is 25.9 Å². The number of benzene rings is 1. The van der Waals surface area contributed by atoms with Gasteiger partial charge in [-0.25, -0.2) is 9.78 Å². The van der Waals surface area contributed by atoms with Crippen molar-refractivity contribution in [2.24, 2.45) is 11.5 Å². The molecule has 0 fully saturated rings. The molecule has 188 valence electrons. The van der Waals surface area contributed by atoms with Crippen molar-refractivity contribution in [3.05, 3.63) is 54.1 Å². The van der Waals surface area contributed by atoms with Crippen LogP contribution in [0.3, 0.4) is 0 Å². The molecule has 0 bridgehead atoms. The van der Waals surface area contributed by atoms with E-state index >= 15 is 0 Å². The first kappa shape index (κ1) is 27.0. The average Bonchev–Trinajstić information content (AvgIpc) is 3.33. The minimum Gasteiger partial charge on any atom is -0.480 e. The van der Waals surface area contributed by atoms with Crippen molar-refractivity contribution in [3.8, 4) is 0 Å². The molecule has 1 aromatic heterocycles. The minimum atomic E-state index is -1.27. The zero-order valence-corrected chi connectivity index (χ0v) is 18.9. The van der Waals surface area contributed by atoms with Gasteiger partial charge >= 0.3 is 5.97 Å². The molecule has 0 saturated carbocycles. The first-order chi connectivity index (χ1) is 16.7. The zero-order valence-electron chi connectivity index (χ0n) is 18.9. The molecule has 0 radical (unpaired) electrons. The predicted molar refractivity (Wildman–Crippen MR) is 123 cm³/mol. The van der Waals surface area contributed by atoms with Gasteiger partial charge in [-0.3, -0.25) is 19.2 Å². The SMILES string of the molecule is NC(=O)CCC(NC(=O)CNC(=O)C(N)Cc1cnc[nH]1)C(=O)NC(Cc1ccccc1)C(=O)O. The standard InChI is InChI=1S/C22H29N7O6/c23-15(9-14-10-25-12-27-14)20(32)26-11-19(31)28-16(6-7-18(24)30)21(33)29-17(22(34)35)8-13-4-2-1-3-5-13/h1-5,10,12,15-17H,6-9,11,23H2,(H2,24,30)(H,25,27)(H,26,32)(H,28,31)(H,29,33)(H,34,35). The third kappa shape index (κ3) is 9.63. The smallest absolute Gasteiger partial charge is 0.326 e. The van der Waals surface area contributed by atoms with E-state index in [1.807, 2.05) is 0 Å². The Balaban J connectivity index is 1.94. The number of carboxylic acid groups (broad SMARTS) is 1. The Kier molecular flexibility index (Phi) is 10.4. The van der Waals surface area contributed by atoms with E-state index in [0.29, 0.717) is 11.3 Å². The van der Waals surface area contributed by atoms with Crippen LogP contribution < -0.4 is 27.4 Å². The first-order valence-corrected chi connectivity index (χ1v) is 10.8. The number of aromatic nitrogens is 2. The number of hydrogen-bond donors (Lipinski definition) is 7. The number of hydrogen-bond acceptors (Lipinski definition) is 7. The molecule has 0 saturated heterocycles. The van der Waals surface area contributed by atoms with Crippen LogP contribution in [0.1, 0.15) is 24.1 Å². The summed E-state index contributed by atoms with van der Waals surface area (Å²) in [6.45, 7) is -0.484. The normalized spacial score (nSPS) is 13.2. The number of H-pyrrole nitrogens is 1. The summed E-state index contributed by atoms with van der Waals surface area (Å²) in [6, 6.07) is 5.23. The van der Waals surface area contributed by atoms with E-state index in [4.69, 9.17) is 11.5 Å². The lowest BCUT2D eigenvalue weighted by molar-refractivity contribution is -0.142. The Morgan fingerprint density at radius 1 is 1.00 bits per heavy atom. The van der Waals surface area contributed by atoms with Gasteiger partial charge in [0.1, 0.15) is 12.1 Å². The van der Waals surface area contributed by atoms with E-state index < -0.39 is 54.3 Å². The highest BCUT2D eigenvalue weighted by Gasteiger charge is 2.27. The second-order valence-electron chi connectivity index (χ2n) is 7.82. The molecule has 35 heavy (non-hydrogen) atoms. The van der Waals surface area contributed by atoms with Gasteiger partial charge in [0.05, 0.1) is 18.9 Å². The lowest BCUT2D eigenvalue weighted by Gasteiger charge is -2.21. The number of nitrogens with two attached hydrogens (primary N) is 2. The van der Waals surface area contributed by atoms with Gasteiger partial charge in [0, 0.05) is 31.2 Å². The van der Waals surface area contributed by atoms with E-state index in [-0.39, 0.29) is 25.7 Å². The summed E-state index contributed by atoms with van der Waals surface area (Å²) >= 11 is 0. The number of carbonyl (C=O) groups is 5. The Morgan fingerprint density at radius 2 is 1.71 bits per heavy atom. The lowest BCUT2D eigenvalue weighted by Crippen LogP contribution is -2.54. The molecule has 2 aromatic rings. The fourth-order valence-electron chi connectivity index (χ4n) is 3.15. The second-order valence-corrected chi connectivity index (χ2v) is 7.82. The molecule has 1 heterocycles. The van der Waals surface area contributed by atoms with Crippen molar-refractivity contribution in [2.45, 2.75) is 43.8 Å². The van der Waals surface area contributed by atoms with Gasteiger partial charge in [0.2, 0.25) is 23.6 Å². The van der Waals surface area contributed by atoms with Crippen LogP contribution in [0.25, 0.3) is 0 Å². The number of carbonyl (C=O) groups excluding carboxylic acids is 4. The molecule has 1 aromatic carbocycles. The van der Waals surface area contributed by atoms with Crippen molar-refractivity contribution in [2.75, 3.05) is 6.54 Å². The van der Waals surface area contributed by atoms with Crippen LogP contribution in [-0.2, 0) is 36.8 Å². The number of primary amides is 1. The Hall–Kier alpha value is -4.26. The summed E-state index contributed by atoms with van der Waals surface area (Å²) in [6.07, 6.45) is 2.77. The molecule has 4 amide bonds. The van der Waals surface area contributed by atoms with Gasteiger partial charge in [0.15, 0.2) is 0 Å². The average molecular weight is 488 g/mol. The Bertz CT molecular complexity index is 1010. The summed E-state index contributed by atoms with van der Waals surface area (Å²) in [5.74, 6) is -4.09. The van der Waals surface area contributed by atoms with Crippen LogP contribution in [0.4, 0.5) is 0 Å². The fraction of sp³-hybridized carbons (Fsp3) is 0.364. The maximum atomic E-state index is 12.8. The minimum absolute atomic E-state index is 0.0165. The molecular weight excluding hydrogens is 458 g/mol. The van der Waals surface area contributed by atoms with Crippen molar-refractivity contribution >= 4 is 29.6 Å². The molecule has 3 atom stereocenters. The van der Waals surface area contributed by atoms with Crippen LogP contribution >= 0.6 is 0 Å². The number of rotatable bonds is 14. The maximum absolute atomic E-state index is 12.8. The van der Waals surface area contributed by atoms with E-state index in [1.54, 1.807) is 30.3 Å². The predicted octanol–water partition coefficient (Wildman–Crippen LogP) is -2.04. The van der Waals surface area contributed by atoms with Crippen molar-refractivity contribution in [1.82, 2.24) is 25.9 Å². The zero-order chi connectivity index (χ0) is 25.8. The van der Waals surface area contributed by atoms with Gasteiger partial charge in [-0.1, -0.05) is 30.3 Å². The number of nitrogens with one attached hydrogen (secondary N) is 4. The third-order valence-electron chi connectivity index (χ3n) is 4.98. The molecular formula is C22H29N7O6. The Labute approximate surface area is 201 Å². The Morgan fingerprint density at radius 3 is 2.31 bits per heavy atom. The van der Waals surface area contributed by atoms with Gasteiger partial charge in [-0.2, -0.15) is 0 Å². The largest absolute Gasteiger partial charge is 0.480 e. The maximum Gasteiger partial charge on any atom is 0.326 e. The first-order valence-electron chi connectivity index (χ1n) is 10.8. The number of nitrogens with zero attached hydrogens (tertiary/aromatic N) is 1. The molecule has 2 rings (SSSR count). The number of imidazole rings is 1. The lowest BCUT2D eigenvalue weighted by atomic mass is 10.0. The number of aromatic amines is 1. The van der Waals surface area contributed by atoms with Crippen LogP contribution in [0.15, 0.2) is 42.9 Å². The van der Waals surface area contributed by atoms with Crippen LogP contribution in [-0.4, -0.2) is 69.3 Å². The monoisotopic (exact) mass is 487 g/mol. The van der Waals surface area contributed by atoms with Crippen molar-refractivity contribution < 1.29 is 29.1 Å². The molecule has 0 aliphatic heterocycles. The molecule has 13 heteroatoms. The molecule has 3 unspecified atom stereocenters. The topological polar surface area (TPSA) is 222 Å². The summed E-state index contributed by atoms with van der Waals surface area (Å²) in [5, 5.41) is 16.7. The summed E-state index contributed by atoms with van der Waals surface area (Å²) in [7, 11) is 0. The van der Waals surface area contributed by atoms with Crippen LogP contribution in [0.2, 0.25) is 0 Å². The number of amides is 4. The highest BCUT2D eigenvalue weighted by Crippen LogP contribution is 2.05. The van der Waals surface area contributed by atoms with Crippen molar-refractivity contribution in [1.29, 1.82) is 0 Å². The van der Waals surface area contributed by atoms with Gasteiger partial charge in [-0.05, 0) is 12.0 Å². The van der Waals surface area contributed by atoms with Crippen molar-refractivity contribution in [3.63, 3.8) is 0 Å². The molecule has 0 aliphatic rings. The summed E-state index contributed by atoms with van der Waals surface area (Å²) < 4.78 is 0. The highest BCUT2D eigenvalue weighted by atomic mass is 16.4. The van der Waals surface area contributed by atoms with E-state index in [0.717, 1.165) is 0 Å². The summed E-state index contributed by atoms with van der Waals surface area (Å²) in [4.78, 5) is 66.8. The van der Waals surface area contributed by atoms with E-state index in [1.165, 1.54) is 12.5 Å². The number of carboxylic acids is 1. The fourth-order valence-corrected chi connectivity index (χ4v) is 3.15. The second kappa shape index (κ2) is 13.4. The van der Waals surface area contributed by atoms with E-state index in [9.17, 15) is 29.1 Å². The highest BCUT2D eigenvalue weighted by molar-refractivity contribution is 5.93. The third-order valence-corrected chi connectivity index (χ3v) is 4.98. The molecule has 0 aliphatic carbocycles. The molecule has 9 N–H and O–H groups in total. The summed E-state index contributed by atoms with van der Waals surface area (Å²) in [5.41, 5.74) is 12.3. The quantitative estimate of drug-likeness (QED) is 0.157. The van der Waals surface area contributed by atoms with Gasteiger partial charge in [0.25, 0.3) is 0 Å². The van der Waals surface area contributed by atoms with Crippen LogP contribution in [0, 0.1) is 0 Å². The van der Waals surface area contributed by atoms with Gasteiger partial charge < -0.3 is 37.5 Å². The molecule has 0 spiro atoms. The number of aliphatic carboxylic acids is 1.